The van der Waals surface area contributed by atoms with Crippen molar-refractivity contribution in [1.29, 1.82) is 0 Å². The third-order valence-electron chi connectivity index (χ3n) is 4.50. The van der Waals surface area contributed by atoms with Gasteiger partial charge in [0.15, 0.2) is 0 Å². The summed E-state index contributed by atoms with van der Waals surface area (Å²) in [5.41, 5.74) is 1.65. The number of ether oxygens (including phenoxy) is 1. The lowest BCUT2D eigenvalue weighted by Gasteiger charge is -2.13. The highest BCUT2D eigenvalue weighted by atomic mass is 35.5. The number of rotatable bonds is 4. The average Bonchev–Trinajstić information content (AvgIpc) is 2.95. The molecule has 1 fully saturated rings. The summed E-state index contributed by atoms with van der Waals surface area (Å²) in [6, 6.07) is 19.2. The molecule has 3 aromatic carbocycles. The van der Waals surface area contributed by atoms with Crippen LogP contribution in [0.4, 0.5) is 4.79 Å². The van der Waals surface area contributed by atoms with Gasteiger partial charge in [-0.25, -0.2) is 0 Å². The normalized spacial score (nSPS) is 15.6. The van der Waals surface area contributed by atoms with Crippen LogP contribution >= 0.6 is 23.4 Å². The van der Waals surface area contributed by atoms with Gasteiger partial charge in [0.1, 0.15) is 5.75 Å². The highest BCUT2D eigenvalue weighted by Crippen LogP contribution is 2.34. The lowest BCUT2D eigenvalue weighted by atomic mass is 10.1. The Bertz CT molecular complexity index is 1130. The van der Waals surface area contributed by atoms with Crippen molar-refractivity contribution in [2.45, 2.75) is 6.54 Å². The van der Waals surface area contributed by atoms with Crippen LogP contribution in [0.3, 0.4) is 0 Å². The Morgan fingerprint density at radius 3 is 2.57 bits per heavy atom. The smallest absolute Gasteiger partial charge is 0.293 e. The third kappa shape index (κ3) is 3.63. The van der Waals surface area contributed by atoms with E-state index < -0.39 is 0 Å². The summed E-state index contributed by atoms with van der Waals surface area (Å²) < 4.78 is 5.13. The Balaban J connectivity index is 1.57. The number of thioether (sulfide) groups is 1. The number of amides is 2. The molecule has 4 rings (SSSR count). The Kier molecular flexibility index (Phi) is 5.11. The molecule has 0 N–H and O–H groups in total. The molecule has 0 bridgehead atoms. The van der Waals surface area contributed by atoms with Crippen molar-refractivity contribution in [1.82, 2.24) is 4.90 Å². The van der Waals surface area contributed by atoms with E-state index in [1.165, 1.54) is 4.90 Å². The van der Waals surface area contributed by atoms with Crippen molar-refractivity contribution in [3.63, 3.8) is 0 Å². The molecular formula is C22H16ClNO3S. The van der Waals surface area contributed by atoms with E-state index in [4.69, 9.17) is 16.3 Å². The van der Waals surface area contributed by atoms with E-state index in [1.807, 2.05) is 42.5 Å². The van der Waals surface area contributed by atoms with Gasteiger partial charge in [0.25, 0.3) is 11.1 Å². The molecule has 1 heterocycles. The van der Waals surface area contributed by atoms with Gasteiger partial charge >= 0.3 is 0 Å². The van der Waals surface area contributed by atoms with E-state index in [2.05, 4.69) is 0 Å². The Morgan fingerprint density at radius 2 is 1.82 bits per heavy atom. The maximum Gasteiger partial charge on any atom is 0.293 e. The molecule has 1 aliphatic rings. The van der Waals surface area contributed by atoms with Gasteiger partial charge in [-0.15, -0.1) is 0 Å². The molecule has 28 heavy (non-hydrogen) atoms. The largest absolute Gasteiger partial charge is 0.495 e. The van der Waals surface area contributed by atoms with Gasteiger partial charge < -0.3 is 4.74 Å². The highest BCUT2D eigenvalue weighted by Gasteiger charge is 2.35. The zero-order valence-corrected chi connectivity index (χ0v) is 16.6. The van der Waals surface area contributed by atoms with Crippen molar-refractivity contribution < 1.29 is 14.3 Å². The second kappa shape index (κ2) is 7.70. The van der Waals surface area contributed by atoms with Gasteiger partial charge in [-0.1, -0.05) is 54.1 Å². The van der Waals surface area contributed by atoms with E-state index in [0.717, 1.165) is 33.7 Å². The van der Waals surface area contributed by atoms with Crippen LogP contribution in [0, 0.1) is 0 Å². The van der Waals surface area contributed by atoms with Crippen LogP contribution in [-0.2, 0) is 11.3 Å². The van der Waals surface area contributed by atoms with Gasteiger partial charge in [-0.2, -0.15) is 0 Å². The summed E-state index contributed by atoms with van der Waals surface area (Å²) in [7, 11) is 1.54. The first-order valence-corrected chi connectivity index (χ1v) is 9.81. The molecule has 1 aliphatic heterocycles. The molecule has 6 heteroatoms. The first kappa shape index (κ1) is 18.6. The number of hydrogen-bond acceptors (Lipinski definition) is 4. The number of carbonyl (C=O) groups excluding carboxylic acids is 2. The summed E-state index contributed by atoms with van der Waals surface area (Å²) in [5.74, 6) is 0.262. The molecule has 0 aliphatic carbocycles. The summed E-state index contributed by atoms with van der Waals surface area (Å²) >= 11 is 7.08. The number of halogens is 1. The molecule has 1 saturated heterocycles. The Morgan fingerprint density at radius 1 is 1.04 bits per heavy atom. The predicted molar refractivity (Wildman–Crippen MR) is 113 cm³/mol. The SMILES string of the molecule is COc1ccc(/C=C2\SC(=O)N(Cc3ccc4ccccc4c3)C2=O)cc1Cl. The van der Waals surface area contributed by atoms with Crippen molar-refractivity contribution in [3.8, 4) is 5.75 Å². The fourth-order valence-corrected chi connectivity index (χ4v) is 4.18. The van der Waals surface area contributed by atoms with E-state index in [9.17, 15) is 9.59 Å². The van der Waals surface area contributed by atoms with Crippen molar-refractivity contribution in [3.05, 3.63) is 81.7 Å². The summed E-state index contributed by atoms with van der Waals surface area (Å²) in [6.07, 6.45) is 1.68. The van der Waals surface area contributed by atoms with Gasteiger partial charge in [-0.05, 0) is 57.9 Å². The predicted octanol–water partition coefficient (Wildman–Crippen LogP) is 5.74. The molecule has 2 amide bonds. The summed E-state index contributed by atoms with van der Waals surface area (Å²) in [6.45, 7) is 0.246. The maximum atomic E-state index is 12.8. The van der Waals surface area contributed by atoms with Crippen molar-refractivity contribution >= 4 is 51.4 Å². The number of methoxy groups -OCH3 is 1. The zero-order valence-electron chi connectivity index (χ0n) is 15.0. The number of benzene rings is 3. The Hall–Kier alpha value is -2.76. The number of imide groups is 1. The van der Waals surface area contributed by atoms with E-state index in [-0.39, 0.29) is 17.7 Å². The third-order valence-corrected chi connectivity index (χ3v) is 5.70. The molecule has 3 aromatic rings. The molecule has 4 nitrogen and oxygen atoms in total. The van der Waals surface area contributed by atoms with E-state index in [1.54, 1.807) is 31.4 Å². The summed E-state index contributed by atoms with van der Waals surface area (Å²) in [5, 5.41) is 2.38. The van der Waals surface area contributed by atoms with Crippen LogP contribution in [0.1, 0.15) is 11.1 Å². The number of carbonyl (C=O) groups is 2. The van der Waals surface area contributed by atoms with E-state index in [0.29, 0.717) is 15.7 Å². The monoisotopic (exact) mass is 409 g/mol. The topological polar surface area (TPSA) is 46.6 Å². The minimum atomic E-state index is -0.296. The van der Waals surface area contributed by atoms with Gasteiger partial charge in [-0.3, -0.25) is 14.5 Å². The molecule has 0 aromatic heterocycles. The minimum Gasteiger partial charge on any atom is -0.495 e. The van der Waals surface area contributed by atoms with Crippen LogP contribution < -0.4 is 4.74 Å². The van der Waals surface area contributed by atoms with Crippen LogP contribution in [0.2, 0.25) is 5.02 Å². The van der Waals surface area contributed by atoms with E-state index >= 15 is 0 Å². The molecular weight excluding hydrogens is 394 g/mol. The fourth-order valence-electron chi connectivity index (χ4n) is 3.08. The Labute approximate surface area is 171 Å². The number of nitrogens with zero attached hydrogens (tertiary/aromatic N) is 1. The lowest BCUT2D eigenvalue weighted by Crippen LogP contribution is -2.27. The van der Waals surface area contributed by atoms with Gasteiger partial charge in [0.2, 0.25) is 0 Å². The molecule has 0 atom stereocenters. The number of hydrogen-bond donors (Lipinski definition) is 0. The second-order valence-corrected chi connectivity index (χ2v) is 7.74. The van der Waals surface area contributed by atoms with Crippen LogP contribution in [0.25, 0.3) is 16.8 Å². The molecule has 0 saturated carbocycles. The summed E-state index contributed by atoms with van der Waals surface area (Å²) in [4.78, 5) is 26.8. The van der Waals surface area contributed by atoms with Crippen molar-refractivity contribution in [2.75, 3.05) is 7.11 Å². The molecule has 140 valence electrons. The second-order valence-electron chi connectivity index (χ2n) is 6.34. The standard InChI is InChI=1S/C22H16ClNO3S/c1-27-19-9-7-14(11-18(19)23)12-20-21(25)24(22(26)28-20)13-15-6-8-16-4-2-3-5-17(16)10-15/h2-12H,13H2,1H3/b20-12-. The zero-order chi connectivity index (χ0) is 19.7. The molecule has 0 spiro atoms. The van der Waals surface area contributed by atoms with Crippen molar-refractivity contribution in [2.24, 2.45) is 0 Å². The van der Waals surface area contributed by atoms with Gasteiger partial charge in [0.05, 0.1) is 23.6 Å². The lowest BCUT2D eigenvalue weighted by molar-refractivity contribution is -0.123. The number of fused-ring (bicyclic) bond motifs is 1. The minimum absolute atomic E-state index is 0.246. The van der Waals surface area contributed by atoms with Crippen LogP contribution in [0.5, 0.6) is 5.75 Å². The first-order valence-electron chi connectivity index (χ1n) is 8.62. The van der Waals surface area contributed by atoms with Crippen LogP contribution in [-0.4, -0.2) is 23.2 Å². The maximum absolute atomic E-state index is 12.8. The highest BCUT2D eigenvalue weighted by molar-refractivity contribution is 8.18. The molecule has 0 unspecified atom stereocenters. The van der Waals surface area contributed by atoms with Crippen LogP contribution in [0.15, 0.2) is 65.6 Å². The average molecular weight is 410 g/mol. The molecule has 0 radical (unpaired) electrons. The fraction of sp³-hybridized carbons (Fsp3) is 0.0909. The first-order chi connectivity index (χ1) is 13.5. The quantitative estimate of drug-likeness (QED) is 0.515. The van der Waals surface area contributed by atoms with Gasteiger partial charge in [0, 0.05) is 0 Å².